The van der Waals surface area contributed by atoms with Crippen molar-refractivity contribution in [2.24, 2.45) is 0 Å². The summed E-state index contributed by atoms with van der Waals surface area (Å²) in [7, 11) is 0. The molecule has 4 aromatic rings. The Bertz CT molecular complexity index is 1080. The quantitative estimate of drug-likeness (QED) is 0.258. The molecular formula is C27H25BrFOP. The number of alkyl halides is 1. The van der Waals surface area contributed by atoms with Crippen molar-refractivity contribution in [3.8, 4) is 5.75 Å². The van der Waals surface area contributed by atoms with Crippen molar-refractivity contribution < 1.29 is 9.13 Å². The van der Waals surface area contributed by atoms with Crippen LogP contribution in [0.25, 0.3) is 0 Å². The van der Waals surface area contributed by atoms with Gasteiger partial charge in [0, 0.05) is 0 Å². The first kappa shape index (κ1) is 21.7. The molecule has 4 rings (SSSR count). The molecule has 0 aromatic heterocycles. The molecule has 0 bridgehead atoms. The minimum atomic E-state index is -3.22. The first-order valence-electron chi connectivity index (χ1n) is 10.3. The SMILES string of the molecule is FCCOc1ccccc1P(Br)(Cc1ccccc1)(c1ccccc1)c1ccccc1. The fourth-order valence-corrected chi connectivity index (χ4v) is 12.2. The van der Waals surface area contributed by atoms with E-state index < -0.39 is 12.0 Å². The Kier molecular flexibility index (Phi) is 6.55. The second-order valence-electron chi connectivity index (χ2n) is 7.50. The number of hydrogen-bond donors (Lipinski definition) is 0. The summed E-state index contributed by atoms with van der Waals surface area (Å²) in [6, 6.07) is 39.7. The summed E-state index contributed by atoms with van der Waals surface area (Å²) in [5.74, 6) is 0.721. The van der Waals surface area contributed by atoms with Gasteiger partial charge in [-0.15, -0.1) is 0 Å². The van der Waals surface area contributed by atoms with Crippen LogP contribution in [0.3, 0.4) is 0 Å². The molecule has 0 spiro atoms. The number of ether oxygens (including phenoxy) is 1. The fraction of sp³-hybridized carbons (Fsp3) is 0.111. The van der Waals surface area contributed by atoms with Gasteiger partial charge in [-0.3, -0.25) is 0 Å². The van der Waals surface area contributed by atoms with E-state index in [2.05, 4.69) is 94.4 Å². The molecule has 0 aliphatic heterocycles. The van der Waals surface area contributed by atoms with Gasteiger partial charge in [0.05, 0.1) is 0 Å². The number of benzene rings is 4. The van der Waals surface area contributed by atoms with E-state index >= 15 is 0 Å². The van der Waals surface area contributed by atoms with Crippen LogP contribution in [0.4, 0.5) is 4.39 Å². The average molecular weight is 495 g/mol. The Morgan fingerprint density at radius 2 is 1.13 bits per heavy atom. The molecule has 0 saturated heterocycles. The Balaban J connectivity index is 2.09. The van der Waals surface area contributed by atoms with Crippen LogP contribution in [0.1, 0.15) is 5.56 Å². The van der Waals surface area contributed by atoms with Crippen LogP contribution in [0, 0.1) is 0 Å². The molecule has 31 heavy (non-hydrogen) atoms. The van der Waals surface area contributed by atoms with E-state index in [1.807, 2.05) is 36.4 Å². The maximum absolute atomic E-state index is 13.1. The molecule has 0 radical (unpaired) electrons. The minimum absolute atomic E-state index is 0.0332. The predicted octanol–water partition coefficient (Wildman–Crippen LogP) is 6.37. The van der Waals surface area contributed by atoms with Gasteiger partial charge in [0.15, 0.2) is 0 Å². The van der Waals surface area contributed by atoms with Crippen molar-refractivity contribution in [1.29, 1.82) is 0 Å². The van der Waals surface area contributed by atoms with Crippen molar-refractivity contribution in [3.05, 3.63) is 121 Å². The molecule has 0 aliphatic carbocycles. The predicted molar refractivity (Wildman–Crippen MR) is 136 cm³/mol. The Morgan fingerprint density at radius 1 is 0.645 bits per heavy atom. The Labute approximate surface area is 191 Å². The van der Waals surface area contributed by atoms with E-state index in [1.165, 1.54) is 16.2 Å². The van der Waals surface area contributed by atoms with Gasteiger partial charge in [-0.05, 0) is 0 Å². The number of para-hydroxylation sites is 1. The number of hydrogen-bond acceptors (Lipinski definition) is 1. The van der Waals surface area contributed by atoms with Gasteiger partial charge in [0.2, 0.25) is 0 Å². The molecule has 0 aliphatic rings. The molecule has 0 unspecified atom stereocenters. The monoisotopic (exact) mass is 494 g/mol. The molecule has 0 atom stereocenters. The summed E-state index contributed by atoms with van der Waals surface area (Å²) in [4.78, 5) is 0. The van der Waals surface area contributed by atoms with Crippen molar-refractivity contribution >= 4 is 36.7 Å². The van der Waals surface area contributed by atoms with E-state index in [4.69, 9.17) is 4.74 Å². The van der Waals surface area contributed by atoms with Crippen LogP contribution in [0.15, 0.2) is 115 Å². The molecule has 0 saturated carbocycles. The van der Waals surface area contributed by atoms with Gasteiger partial charge in [0.1, 0.15) is 0 Å². The van der Waals surface area contributed by atoms with E-state index in [-0.39, 0.29) is 6.61 Å². The van der Waals surface area contributed by atoms with Gasteiger partial charge in [-0.1, -0.05) is 0 Å². The van der Waals surface area contributed by atoms with E-state index in [0.717, 1.165) is 17.2 Å². The zero-order valence-electron chi connectivity index (χ0n) is 17.2. The molecule has 1 nitrogen and oxygen atoms in total. The topological polar surface area (TPSA) is 9.23 Å². The van der Waals surface area contributed by atoms with Crippen molar-refractivity contribution in [3.63, 3.8) is 0 Å². The van der Waals surface area contributed by atoms with Crippen LogP contribution in [0.5, 0.6) is 5.75 Å². The first-order chi connectivity index (χ1) is 15.2. The standard InChI is InChI=1S/C27H25BrFOP/c28-31(24-14-6-2-7-15-24,25-16-8-3-9-17-25,22-23-12-4-1-5-13-23)27-19-11-10-18-26(27)30-21-20-29/h1-19H,20-22H2. The summed E-state index contributed by atoms with van der Waals surface area (Å²) in [6.45, 7) is -0.493. The second-order valence-corrected chi connectivity index (χ2v) is 16.4. The zero-order valence-corrected chi connectivity index (χ0v) is 19.7. The molecule has 4 aromatic carbocycles. The summed E-state index contributed by atoms with van der Waals surface area (Å²) < 4.78 is 19.0. The third-order valence-electron chi connectivity index (χ3n) is 5.61. The van der Waals surface area contributed by atoms with E-state index in [0.29, 0.717) is 0 Å². The van der Waals surface area contributed by atoms with Crippen LogP contribution in [-0.4, -0.2) is 13.3 Å². The second kappa shape index (κ2) is 9.34. The average Bonchev–Trinajstić information content (AvgIpc) is 2.85. The van der Waals surface area contributed by atoms with Crippen LogP contribution in [0.2, 0.25) is 0 Å². The van der Waals surface area contributed by atoms with Gasteiger partial charge in [0.25, 0.3) is 0 Å². The zero-order chi connectivity index (χ0) is 21.6. The van der Waals surface area contributed by atoms with Gasteiger partial charge in [-0.25, -0.2) is 0 Å². The molecule has 0 N–H and O–H groups in total. The molecule has 0 heterocycles. The Hall–Kier alpha value is -2.48. The third-order valence-corrected chi connectivity index (χ3v) is 15.1. The third kappa shape index (κ3) is 4.05. The number of rotatable bonds is 8. The van der Waals surface area contributed by atoms with E-state index in [9.17, 15) is 4.39 Å². The number of halogens is 2. The summed E-state index contributed by atoms with van der Waals surface area (Å²) in [6.07, 6.45) is 0.774. The van der Waals surface area contributed by atoms with Gasteiger partial charge >= 0.3 is 192 Å². The van der Waals surface area contributed by atoms with Crippen LogP contribution in [-0.2, 0) is 6.16 Å². The molecule has 4 heteroatoms. The maximum atomic E-state index is 13.1. The molecular weight excluding hydrogens is 470 g/mol. The van der Waals surface area contributed by atoms with E-state index in [1.54, 1.807) is 0 Å². The molecule has 0 fully saturated rings. The molecule has 0 amide bonds. The fourth-order valence-electron chi connectivity index (χ4n) is 4.21. The molecule has 158 valence electrons. The van der Waals surface area contributed by atoms with Crippen molar-refractivity contribution in [1.82, 2.24) is 0 Å². The van der Waals surface area contributed by atoms with Gasteiger partial charge < -0.3 is 0 Å². The van der Waals surface area contributed by atoms with Crippen LogP contribution >= 0.6 is 20.8 Å². The summed E-state index contributed by atoms with van der Waals surface area (Å²) >= 11 is 4.45. The van der Waals surface area contributed by atoms with Crippen molar-refractivity contribution in [2.45, 2.75) is 6.16 Å². The Morgan fingerprint density at radius 3 is 1.68 bits per heavy atom. The van der Waals surface area contributed by atoms with Crippen LogP contribution < -0.4 is 20.7 Å². The first-order valence-corrected chi connectivity index (χ1v) is 14.8. The summed E-state index contributed by atoms with van der Waals surface area (Å²) in [5, 5.41) is 0.273. The van der Waals surface area contributed by atoms with Crippen molar-refractivity contribution in [2.75, 3.05) is 13.3 Å². The van der Waals surface area contributed by atoms with Gasteiger partial charge in [-0.2, -0.15) is 0 Å². The summed E-state index contributed by atoms with van der Waals surface area (Å²) in [5.41, 5.74) is 1.23. The normalized spacial score (nSPS) is 12.6.